The molecule has 100 valence electrons. The maximum Gasteiger partial charge on any atom is 0.267 e. The van der Waals surface area contributed by atoms with Gasteiger partial charge in [-0.1, -0.05) is 0 Å². The number of anilines is 2. The van der Waals surface area contributed by atoms with E-state index in [0.717, 1.165) is 9.88 Å². The Morgan fingerprint density at radius 3 is 2.79 bits per heavy atom. The van der Waals surface area contributed by atoms with Gasteiger partial charge < -0.3 is 16.8 Å². The molecule has 1 amide bonds. The molecule has 2 rings (SSSR count). The minimum absolute atomic E-state index is 0.0448. The Bertz CT molecular complexity index is 610. The van der Waals surface area contributed by atoms with Crippen molar-refractivity contribution in [3.05, 3.63) is 33.9 Å². The summed E-state index contributed by atoms with van der Waals surface area (Å²) in [6.07, 6.45) is 1.81. The normalized spacial score (nSPS) is 12.1. The molecule has 0 spiro atoms. The Morgan fingerprint density at radius 1 is 1.47 bits per heavy atom. The lowest BCUT2D eigenvalue weighted by molar-refractivity contribution is 0.0995. The number of hydrogen-bond donors (Lipinski definition) is 3. The zero-order valence-corrected chi connectivity index (χ0v) is 11.5. The fourth-order valence-corrected chi connectivity index (χ4v) is 2.34. The molecule has 0 radical (unpaired) electrons. The zero-order chi connectivity index (χ0) is 14.0. The van der Waals surface area contributed by atoms with Crippen LogP contribution in [-0.4, -0.2) is 15.9 Å². The van der Waals surface area contributed by atoms with Crippen LogP contribution in [-0.2, 0) is 0 Å². The van der Waals surface area contributed by atoms with Gasteiger partial charge in [0, 0.05) is 11.1 Å². The number of aromatic nitrogens is 2. The van der Waals surface area contributed by atoms with Crippen LogP contribution in [0.4, 0.5) is 11.5 Å². The van der Waals surface area contributed by atoms with Crippen molar-refractivity contribution < 1.29 is 4.79 Å². The van der Waals surface area contributed by atoms with Crippen molar-refractivity contribution >= 4 is 28.7 Å². The molecule has 1 atom stereocenters. The molecule has 0 aliphatic heterocycles. The SMILES string of the molecule is Cc1cnc(C(C)Nc2nc(C(N)=O)ccc2N)s1. The van der Waals surface area contributed by atoms with E-state index in [-0.39, 0.29) is 11.7 Å². The molecule has 1 unspecified atom stereocenters. The molecule has 0 aromatic carbocycles. The summed E-state index contributed by atoms with van der Waals surface area (Å²) in [6, 6.07) is 3.06. The Hall–Kier alpha value is -2.15. The molecule has 0 saturated heterocycles. The van der Waals surface area contributed by atoms with Crippen LogP contribution in [0.5, 0.6) is 0 Å². The fourth-order valence-electron chi connectivity index (χ4n) is 1.56. The third-order valence-electron chi connectivity index (χ3n) is 2.54. The molecule has 0 aliphatic carbocycles. The minimum Gasteiger partial charge on any atom is -0.396 e. The first kappa shape index (κ1) is 13.3. The Labute approximate surface area is 114 Å². The Balaban J connectivity index is 2.22. The van der Waals surface area contributed by atoms with E-state index in [1.807, 2.05) is 20.0 Å². The van der Waals surface area contributed by atoms with Crippen LogP contribution in [0.15, 0.2) is 18.3 Å². The summed E-state index contributed by atoms with van der Waals surface area (Å²) < 4.78 is 0. The van der Waals surface area contributed by atoms with Gasteiger partial charge in [-0.05, 0) is 26.0 Å². The molecular formula is C12H15N5OS. The van der Waals surface area contributed by atoms with E-state index in [1.54, 1.807) is 17.4 Å². The largest absolute Gasteiger partial charge is 0.396 e. The van der Waals surface area contributed by atoms with Crippen molar-refractivity contribution in [2.45, 2.75) is 19.9 Å². The molecule has 2 aromatic rings. The van der Waals surface area contributed by atoms with Crippen LogP contribution >= 0.6 is 11.3 Å². The highest BCUT2D eigenvalue weighted by atomic mass is 32.1. The molecule has 0 saturated carbocycles. The summed E-state index contributed by atoms with van der Waals surface area (Å²) >= 11 is 1.60. The molecule has 19 heavy (non-hydrogen) atoms. The summed E-state index contributed by atoms with van der Waals surface area (Å²) in [4.78, 5) is 20.6. The number of thiazole rings is 1. The van der Waals surface area contributed by atoms with Crippen molar-refractivity contribution in [2.75, 3.05) is 11.1 Å². The second kappa shape index (κ2) is 5.23. The third-order valence-corrected chi connectivity index (χ3v) is 3.64. The summed E-state index contributed by atoms with van der Waals surface area (Å²) in [6.45, 7) is 3.95. The highest BCUT2D eigenvalue weighted by Gasteiger charge is 2.13. The first-order valence-corrected chi connectivity index (χ1v) is 6.54. The van der Waals surface area contributed by atoms with E-state index < -0.39 is 5.91 Å². The van der Waals surface area contributed by atoms with Crippen molar-refractivity contribution in [1.29, 1.82) is 0 Å². The lowest BCUT2D eigenvalue weighted by atomic mass is 10.3. The molecular weight excluding hydrogens is 262 g/mol. The number of pyridine rings is 1. The van der Waals surface area contributed by atoms with Gasteiger partial charge in [0.2, 0.25) is 0 Å². The molecule has 0 bridgehead atoms. The van der Waals surface area contributed by atoms with Crippen molar-refractivity contribution in [3.8, 4) is 0 Å². The number of carbonyl (C=O) groups is 1. The van der Waals surface area contributed by atoms with Gasteiger partial charge in [-0.15, -0.1) is 11.3 Å². The molecule has 0 fully saturated rings. The number of nitrogens with one attached hydrogen (secondary N) is 1. The van der Waals surface area contributed by atoms with Crippen LogP contribution in [0, 0.1) is 6.92 Å². The van der Waals surface area contributed by atoms with Crippen LogP contribution in [0.2, 0.25) is 0 Å². The summed E-state index contributed by atoms with van der Waals surface area (Å²) in [7, 11) is 0. The van der Waals surface area contributed by atoms with Gasteiger partial charge in [-0.3, -0.25) is 4.79 Å². The minimum atomic E-state index is -0.583. The summed E-state index contributed by atoms with van der Waals surface area (Å²) in [5, 5.41) is 4.07. The van der Waals surface area contributed by atoms with Crippen LogP contribution in [0.1, 0.15) is 33.3 Å². The van der Waals surface area contributed by atoms with E-state index >= 15 is 0 Å². The van der Waals surface area contributed by atoms with E-state index in [0.29, 0.717) is 11.5 Å². The van der Waals surface area contributed by atoms with Gasteiger partial charge in [0.1, 0.15) is 10.7 Å². The molecule has 7 heteroatoms. The topological polar surface area (TPSA) is 107 Å². The third kappa shape index (κ3) is 3.00. The number of rotatable bonds is 4. The maximum atomic E-state index is 11.1. The highest BCUT2D eigenvalue weighted by Crippen LogP contribution is 2.25. The number of nitrogens with two attached hydrogens (primary N) is 2. The fraction of sp³-hybridized carbons (Fsp3) is 0.250. The molecule has 6 nitrogen and oxygen atoms in total. The zero-order valence-electron chi connectivity index (χ0n) is 10.7. The number of nitrogen functional groups attached to an aromatic ring is 1. The van der Waals surface area contributed by atoms with Crippen LogP contribution in [0.3, 0.4) is 0 Å². The molecule has 2 aromatic heterocycles. The van der Waals surface area contributed by atoms with E-state index in [9.17, 15) is 4.79 Å². The highest BCUT2D eigenvalue weighted by molar-refractivity contribution is 7.11. The van der Waals surface area contributed by atoms with Crippen molar-refractivity contribution in [3.63, 3.8) is 0 Å². The average molecular weight is 277 g/mol. The van der Waals surface area contributed by atoms with Gasteiger partial charge in [0.25, 0.3) is 5.91 Å². The van der Waals surface area contributed by atoms with Crippen LogP contribution < -0.4 is 16.8 Å². The van der Waals surface area contributed by atoms with Crippen molar-refractivity contribution in [2.24, 2.45) is 5.73 Å². The smallest absolute Gasteiger partial charge is 0.267 e. The first-order chi connectivity index (χ1) is 8.97. The molecule has 2 heterocycles. The number of primary amides is 1. The Morgan fingerprint density at radius 2 is 2.21 bits per heavy atom. The number of aryl methyl sites for hydroxylation is 1. The van der Waals surface area contributed by atoms with Gasteiger partial charge >= 0.3 is 0 Å². The summed E-state index contributed by atoms with van der Waals surface area (Å²) in [5.74, 6) is -0.141. The molecule has 0 aliphatic rings. The first-order valence-electron chi connectivity index (χ1n) is 5.72. The second-order valence-corrected chi connectivity index (χ2v) is 5.44. The maximum absolute atomic E-state index is 11.1. The second-order valence-electron chi connectivity index (χ2n) is 4.17. The number of amides is 1. The average Bonchev–Trinajstić information content (AvgIpc) is 2.78. The van der Waals surface area contributed by atoms with Crippen molar-refractivity contribution in [1.82, 2.24) is 9.97 Å². The van der Waals surface area contributed by atoms with Crippen LogP contribution in [0.25, 0.3) is 0 Å². The predicted octanol–water partition coefficient (Wildman–Crippen LogP) is 1.70. The lowest BCUT2D eigenvalue weighted by Crippen LogP contribution is -2.16. The Kier molecular flexibility index (Phi) is 3.66. The number of nitrogens with zero attached hydrogens (tertiary/aromatic N) is 2. The van der Waals surface area contributed by atoms with Gasteiger partial charge in [0.15, 0.2) is 5.82 Å². The standard InChI is InChI=1S/C12H15N5OS/c1-6-5-15-12(19-6)7(2)16-11-8(13)3-4-9(17-11)10(14)18/h3-5,7H,13H2,1-2H3,(H2,14,18)(H,16,17). The predicted molar refractivity (Wildman–Crippen MR) is 76.1 cm³/mol. The quantitative estimate of drug-likeness (QED) is 0.788. The lowest BCUT2D eigenvalue weighted by Gasteiger charge is -2.14. The van der Waals surface area contributed by atoms with E-state index in [4.69, 9.17) is 11.5 Å². The van der Waals surface area contributed by atoms with Gasteiger partial charge in [-0.25, -0.2) is 9.97 Å². The molecule has 5 N–H and O–H groups in total. The van der Waals surface area contributed by atoms with Gasteiger partial charge in [0.05, 0.1) is 11.7 Å². The number of carbonyl (C=O) groups excluding carboxylic acids is 1. The van der Waals surface area contributed by atoms with E-state index in [1.165, 1.54) is 6.07 Å². The van der Waals surface area contributed by atoms with E-state index in [2.05, 4.69) is 15.3 Å². The van der Waals surface area contributed by atoms with Gasteiger partial charge in [-0.2, -0.15) is 0 Å². The number of hydrogen-bond acceptors (Lipinski definition) is 6. The monoisotopic (exact) mass is 277 g/mol. The summed E-state index contributed by atoms with van der Waals surface area (Å²) in [5.41, 5.74) is 11.7.